The van der Waals surface area contributed by atoms with Gasteiger partial charge in [-0.25, -0.2) is 5.48 Å². The van der Waals surface area contributed by atoms with Crippen molar-refractivity contribution in [3.8, 4) is 11.1 Å². The molecule has 0 bridgehead atoms. The third kappa shape index (κ3) is 3.48. The van der Waals surface area contributed by atoms with Gasteiger partial charge in [-0.1, -0.05) is 55.5 Å². The van der Waals surface area contributed by atoms with E-state index < -0.39 is 0 Å². The van der Waals surface area contributed by atoms with E-state index in [4.69, 9.17) is 0 Å². The molecule has 0 atom stereocenters. The van der Waals surface area contributed by atoms with Crippen LogP contribution in [0.5, 0.6) is 0 Å². The lowest BCUT2D eigenvalue weighted by Gasteiger charge is -2.12. The van der Waals surface area contributed by atoms with Crippen LogP contribution in [0.15, 0.2) is 53.5 Å². The van der Waals surface area contributed by atoms with Gasteiger partial charge in [0.05, 0.1) is 0 Å². The molecule has 2 aromatic rings. The Morgan fingerprint density at radius 2 is 1.90 bits per heavy atom. The van der Waals surface area contributed by atoms with Crippen LogP contribution in [0.1, 0.15) is 18.1 Å². The standard InChI is InChI=1S/C17H18N2O2/c1-3-13-8-10-14(11-9-13)15-6-4-5-7-16(15)17(18-2)19-21-12-20/h4-12H,3H2,1-2H3,(H,18,19). The van der Waals surface area contributed by atoms with Gasteiger partial charge in [0.2, 0.25) is 0 Å². The summed E-state index contributed by atoms with van der Waals surface area (Å²) >= 11 is 0. The smallest absolute Gasteiger partial charge is 0.320 e. The van der Waals surface area contributed by atoms with Crippen LogP contribution in [-0.2, 0) is 16.1 Å². The molecule has 0 heterocycles. The molecular weight excluding hydrogens is 264 g/mol. The van der Waals surface area contributed by atoms with Crippen LogP contribution in [0.25, 0.3) is 11.1 Å². The molecule has 0 aromatic heterocycles. The van der Waals surface area contributed by atoms with E-state index in [2.05, 4.69) is 46.5 Å². The molecule has 0 radical (unpaired) electrons. The molecule has 1 N–H and O–H groups in total. The van der Waals surface area contributed by atoms with Gasteiger partial charge in [-0.2, -0.15) is 0 Å². The number of hydrogen-bond donors (Lipinski definition) is 1. The highest BCUT2D eigenvalue weighted by atomic mass is 16.7. The first kappa shape index (κ1) is 14.8. The van der Waals surface area contributed by atoms with Crippen LogP contribution in [0.4, 0.5) is 0 Å². The van der Waals surface area contributed by atoms with Crippen LogP contribution in [-0.4, -0.2) is 19.4 Å². The van der Waals surface area contributed by atoms with Crippen molar-refractivity contribution in [2.75, 3.05) is 7.05 Å². The number of carbonyl (C=O) groups excluding carboxylic acids is 1. The van der Waals surface area contributed by atoms with E-state index in [1.165, 1.54) is 5.56 Å². The molecule has 0 aliphatic heterocycles. The number of nitrogens with zero attached hydrogens (tertiary/aromatic N) is 1. The molecule has 0 unspecified atom stereocenters. The SMILES string of the molecule is CCc1ccc(-c2ccccc2C(=NC)NOC=O)cc1. The number of hydroxylamine groups is 1. The molecular formula is C17H18N2O2. The average Bonchev–Trinajstić information content (AvgIpc) is 2.56. The van der Waals surface area contributed by atoms with Crippen LogP contribution in [0.3, 0.4) is 0 Å². The summed E-state index contributed by atoms with van der Waals surface area (Å²) in [5.41, 5.74) is 6.85. The van der Waals surface area contributed by atoms with Crippen molar-refractivity contribution in [1.82, 2.24) is 5.48 Å². The number of aliphatic imine (C=N–C) groups is 1. The fraction of sp³-hybridized carbons (Fsp3) is 0.176. The van der Waals surface area contributed by atoms with E-state index >= 15 is 0 Å². The molecule has 0 aliphatic carbocycles. The lowest BCUT2D eigenvalue weighted by atomic mass is 9.97. The average molecular weight is 282 g/mol. The molecule has 0 spiro atoms. The first-order chi connectivity index (χ1) is 10.3. The first-order valence-electron chi connectivity index (χ1n) is 6.81. The van der Waals surface area contributed by atoms with Crippen molar-refractivity contribution in [2.45, 2.75) is 13.3 Å². The summed E-state index contributed by atoms with van der Waals surface area (Å²) in [7, 11) is 1.65. The summed E-state index contributed by atoms with van der Waals surface area (Å²) < 4.78 is 0. The topological polar surface area (TPSA) is 50.7 Å². The number of amidine groups is 1. The lowest BCUT2D eigenvalue weighted by Crippen LogP contribution is -2.24. The molecule has 0 saturated carbocycles. The Morgan fingerprint density at radius 1 is 1.19 bits per heavy atom. The Bertz CT molecular complexity index is 633. The number of carbonyl (C=O) groups is 1. The molecule has 21 heavy (non-hydrogen) atoms. The van der Waals surface area contributed by atoms with Gasteiger partial charge in [-0.05, 0) is 23.1 Å². The van der Waals surface area contributed by atoms with E-state index in [9.17, 15) is 4.79 Å². The summed E-state index contributed by atoms with van der Waals surface area (Å²) in [6.45, 7) is 2.47. The van der Waals surface area contributed by atoms with Gasteiger partial charge in [0.15, 0.2) is 5.84 Å². The number of aryl methyl sites for hydroxylation is 1. The van der Waals surface area contributed by atoms with Gasteiger partial charge in [-0.3, -0.25) is 9.79 Å². The second kappa shape index (κ2) is 7.24. The summed E-state index contributed by atoms with van der Waals surface area (Å²) in [4.78, 5) is 19.1. The van der Waals surface area contributed by atoms with Gasteiger partial charge in [0, 0.05) is 12.6 Å². The fourth-order valence-corrected chi connectivity index (χ4v) is 2.16. The maximum atomic E-state index is 10.3. The molecule has 0 saturated heterocycles. The highest BCUT2D eigenvalue weighted by molar-refractivity contribution is 6.04. The Morgan fingerprint density at radius 3 is 2.52 bits per heavy atom. The monoisotopic (exact) mass is 282 g/mol. The fourth-order valence-electron chi connectivity index (χ4n) is 2.16. The summed E-state index contributed by atoms with van der Waals surface area (Å²) in [6, 6.07) is 16.3. The Hall–Kier alpha value is -2.62. The second-order valence-electron chi connectivity index (χ2n) is 4.48. The maximum absolute atomic E-state index is 10.3. The molecule has 2 aromatic carbocycles. The molecule has 4 heteroatoms. The molecule has 0 amide bonds. The zero-order valence-electron chi connectivity index (χ0n) is 12.2. The zero-order valence-corrected chi connectivity index (χ0v) is 12.2. The normalized spacial score (nSPS) is 11.0. The zero-order chi connectivity index (χ0) is 15.1. The second-order valence-corrected chi connectivity index (χ2v) is 4.48. The van der Waals surface area contributed by atoms with E-state index in [0.717, 1.165) is 23.1 Å². The maximum Gasteiger partial charge on any atom is 0.320 e. The third-order valence-electron chi connectivity index (χ3n) is 3.28. The third-order valence-corrected chi connectivity index (χ3v) is 3.28. The number of nitrogens with one attached hydrogen (secondary N) is 1. The largest absolute Gasteiger partial charge is 0.345 e. The minimum absolute atomic E-state index is 0.337. The number of hydrogen-bond acceptors (Lipinski definition) is 3. The van der Waals surface area contributed by atoms with E-state index in [1.54, 1.807) is 7.05 Å². The van der Waals surface area contributed by atoms with Gasteiger partial charge < -0.3 is 4.84 Å². The minimum Gasteiger partial charge on any atom is -0.345 e. The van der Waals surface area contributed by atoms with Crippen LogP contribution in [0.2, 0.25) is 0 Å². The molecule has 2 rings (SSSR count). The Labute approximate surface area is 124 Å². The highest BCUT2D eigenvalue weighted by Gasteiger charge is 2.10. The highest BCUT2D eigenvalue weighted by Crippen LogP contribution is 2.24. The van der Waals surface area contributed by atoms with Gasteiger partial charge in [0.1, 0.15) is 0 Å². The minimum atomic E-state index is 0.337. The van der Waals surface area contributed by atoms with Gasteiger partial charge in [0.25, 0.3) is 0 Å². The van der Waals surface area contributed by atoms with Crippen molar-refractivity contribution in [1.29, 1.82) is 0 Å². The van der Waals surface area contributed by atoms with Crippen molar-refractivity contribution in [3.63, 3.8) is 0 Å². The van der Waals surface area contributed by atoms with Crippen LogP contribution in [0, 0.1) is 0 Å². The summed E-state index contributed by atoms with van der Waals surface area (Å²) in [5.74, 6) is 0.511. The predicted molar refractivity (Wildman–Crippen MR) is 84.0 cm³/mol. The number of rotatable bonds is 5. The molecule has 4 nitrogen and oxygen atoms in total. The van der Waals surface area contributed by atoms with Gasteiger partial charge in [-0.15, -0.1) is 0 Å². The van der Waals surface area contributed by atoms with E-state index in [0.29, 0.717) is 12.3 Å². The van der Waals surface area contributed by atoms with Crippen LogP contribution < -0.4 is 5.48 Å². The Balaban J connectivity index is 2.41. The van der Waals surface area contributed by atoms with Crippen molar-refractivity contribution >= 4 is 12.3 Å². The lowest BCUT2D eigenvalue weighted by molar-refractivity contribution is -0.132. The van der Waals surface area contributed by atoms with E-state index in [-0.39, 0.29) is 0 Å². The summed E-state index contributed by atoms with van der Waals surface area (Å²) in [5, 5.41) is 0. The quantitative estimate of drug-likeness (QED) is 0.397. The van der Waals surface area contributed by atoms with Crippen LogP contribution >= 0.6 is 0 Å². The predicted octanol–water partition coefficient (Wildman–Crippen LogP) is 2.97. The van der Waals surface area contributed by atoms with Crippen molar-refractivity contribution < 1.29 is 9.63 Å². The van der Waals surface area contributed by atoms with Crippen molar-refractivity contribution in [2.24, 2.45) is 4.99 Å². The molecule has 108 valence electrons. The summed E-state index contributed by atoms with van der Waals surface area (Å²) in [6.07, 6.45) is 1.01. The van der Waals surface area contributed by atoms with Gasteiger partial charge >= 0.3 is 6.47 Å². The van der Waals surface area contributed by atoms with E-state index in [1.807, 2.05) is 24.3 Å². The first-order valence-corrected chi connectivity index (χ1v) is 6.81. The molecule has 0 fully saturated rings. The van der Waals surface area contributed by atoms with Crippen molar-refractivity contribution in [3.05, 3.63) is 59.7 Å². The number of benzene rings is 2. The Kier molecular flexibility index (Phi) is 5.10. The molecule has 0 aliphatic rings.